The number of aromatic nitrogens is 2. The van der Waals surface area contributed by atoms with Gasteiger partial charge in [-0.2, -0.15) is 26.3 Å². The van der Waals surface area contributed by atoms with E-state index < -0.39 is 33.6 Å². The van der Waals surface area contributed by atoms with Crippen LogP contribution in [0.3, 0.4) is 0 Å². The van der Waals surface area contributed by atoms with Crippen LogP contribution in [0.15, 0.2) is 35.1 Å². The van der Waals surface area contributed by atoms with Gasteiger partial charge in [-0.15, -0.1) is 0 Å². The van der Waals surface area contributed by atoms with Gasteiger partial charge in [-0.1, -0.05) is 6.07 Å². The van der Waals surface area contributed by atoms with Gasteiger partial charge >= 0.3 is 12.4 Å². The summed E-state index contributed by atoms with van der Waals surface area (Å²) in [7, 11) is 0. The Balaban J connectivity index is 2.85. The van der Waals surface area contributed by atoms with E-state index in [4.69, 9.17) is 0 Å². The van der Waals surface area contributed by atoms with Crippen LogP contribution < -0.4 is 0 Å². The molecule has 0 radical (unpaired) electrons. The van der Waals surface area contributed by atoms with E-state index in [0.717, 1.165) is 6.07 Å². The maximum atomic E-state index is 13.1. The van der Waals surface area contributed by atoms with Crippen molar-refractivity contribution in [3.63, 3.8) is 0 Å². The van der Waals surface area contributed by atoms with Crippen molar-refractivity contribution in [3.8, 4) is 11.4 Å². The fraction of sp³-hybridized carbons (Fsp3) is 0.167. The molecule has 0 atom stereocenters. The summed E-state index contributed by atoms with van der Waals surface area (Å²) >= 11 is 2.48. The quantitative estimate of drug-likeness (QED) is 0.664. The third-order valence-electron chi connectivity index (χ3n) is 2.51. The van der Waals surface area contributed by atoms with Gasteiger partial charge in [0.25, 0.3) is 0 Å². The second-order valence-corrected chi connectivity index (χ2v) is 4.77. The molecule has 2 aromatic heterocycles. The first-order valence-corrected chi connectivity index (χ1v) is 6.16. The first-order chi connectivity index (χ1) is 9.62. The first-order valence-electron chi connectivity index (χ1n) is 5.36. The highest BCUT2D eigenvalue weighted by Crippen LogP contribution is 2.46. The molecule has 2 heterocycles. The molecule has 0 saturated heterocycles. The Morgan fingerprint density at radius 3 is 1.95 bits per heavy atom. The van der Waals surface area contributed by atoms with E-state index in [9.17, 15) is 26.3 Å². The minimum Gasteiger partial charge on any atom is -0.255 e. The first kappa shape index (κ1) is 15.7. The number of hydrogen-bond donors (Lipinski definition) is 0. The molecule has 0 bridgehead atoms. The Morgan fingerprint density at radius 1 is 0.857 bits per heavy atom. The highest BCUT2D eigenvalue weighted by Gasteiger charge is 2.47. The van der Waals surface area contributed by atoms with Crippen molar-refractivity contribution in [2.75, 3.05) is 0 Å². The van der Waals surface area contributed by atoms with E-state index in [-0.39, 0.29) is 5.69 Å². The maximum absolute atomic E-state index is 13.1. The lowest BCUT2D eigenvalue weighted by Crippen LogP contribution is -2.19. The molecule has 0 aliphatic carbocycles. The second-order valence-electron chi connectivity index (χ2n) is 3.92. The molecule has 0 amide bonds. The zero-order valence-corrected chi connectivity index (χ0v) is 11.5. The molecular weight excluding hydrogens is 366 g/mol. The molecule has 0 aliphatic rings. The van der Waals surface area contributed by atoms with E-state index in [1.165, 1.54) is 18.3 Å². The van der Waals surface area contributed by atoms with Crippen molar-refractivity contribution < 1.29 is 26.3 Å². The molecule has 112 valence electrons. The smallest absolute Gasteiger partial charge is 0.255 e. The van der Waals surface area contributed by atoms with Crippen LogP contribution >= 0.6 is 15.9 Å². The molecule has 2 nitrogen and oxygen atoms in total. The van der Waals surface area contributed by atoms with Crippen molar-refractivity contribution in [3.05, 3.63) is 46.2 Å². The van der Waals surface area contributed by atoms with Crippen LogP contribution in [0.4, 0.5) is 26.3 Å². The largest absolute Gasteiger partial charge is 0.419 e. The summed E-state index contributed by atoms with van der Waals surface area (Å²) in [6, 6.07) is 3.95. The molecule has 0 unspecified atom stereocenters. The fourth-order valence-electron chi connectivity index (χ4n) is 1.74. The summed E-state index contributed by atoms with van der Waals surface area (Å²) < 4.78 is 77.4. The standard InChI is InChI=1S/C12H5BrF6N2/c13-6-5-21-10(7-3-1-2-4-20-7)9(12(17,18)19)8(6)11(14,15)16/h1-5H. The van der Waals surface area contributed by atoms with E-state index in [1.807, 2.05) is 0 Å². The van der Waals surface area contributed by atoms with E-state index in [2.05, 4.69) is 25.9 Å². The molecular formula is C12H5BrF6N2. The monoisotopic (exact) mass is 370 g/mol. The van der Waals surface area contributed by atoms with Crippen molar-refractivity contribution in [2.24, 2.45) is 0 Å². The van der Waals surface area contributed by atoms with Crippen molar-refractivity contribution >= 4 is 15.9 Å². The molecule has 2 aromatic rings. The number of hydrogen-bond acceptors (Lipinski definition) is 2. The molecule has 0 aromatic carbocycles. The van der Waals surface area contributed by atoms with Gasteiger partial charge in [0.2, 0.25) is 0 Å². The third kappa shape index (κ3) is 3.17. The number of halogens is 7. The lowest BCUT2D eigenvalue weighted by molar-refractivity contribution is -0.162. The maximum Gasteiger partial charge on any atom is 0.419 e. The summed E-state index contributed by atoms with van der Waals surface area (Å²) in [6.07, 6.45) is -8.56. The lowest BCUT2D eigenvalue weighted by atomic mass is 10.0. The zero-order chi connectivity index (χ0) is 15.8. The van der Waals surface area contributed by atoms with Gasteiger partial charge in [-0.3, -0.25) is 9.97 Å². The van der Waals surface area contributed by atoms with Crippen LogP contribution in [0.1, 0.15) is 11.1 Å². The predicted octanol–water partition coefficient (Wildman–Crippen LogP) is 4.94. The average molecular weight is 371 g/mol. The van der Waals surface area contributed by atoms with Gasteiger partial charge in [0.05, 0.1) is 16.8 Å². The van der Waals surface area contributed by atoms with Crippen LogP contribution in [-0.4, -0.2) is 9.97 Å². The van der Waals surface area contributed by atoms with Crippen molar-refractivity contribution in [1.29, 1.82) is 0 Å². The molecule has 0 N–H and O–H groups in total. The Hall–Kier alpha value is -1.64. The minimum absolute atomic E-state index is 0.289. The molecule has 2 rings (SSSR count). The molecule has 0 spiro atoms. The Kier molecular flexibility index (Phi) is 3.96. The van der Waals surface area contributed by atoms with Crippen LogP contribution in [0.2, 0.25) is 0 Å². The fourth-order valence-corrected chi connectivity index (χ4v) is 2.26. The van der Waals surface area contributed by atoms with Crippen LogP contribution in [0.5, 0.6) is 0 Å². The summed E-state index contributed by atoms with van der Waals surface area (Å²) in [5, 5.41) is 0. The molecule has 0 saturated carbocycles. The number of nitrogens with zero attached hydrogens (tertiary/aromatic N) is 2. The van der Waals surface area contributed by atoms with Gasteiger partial charge < -0.3 is 0 Å². The summed E-state index contributed by atoms with van der Waals surface area (Å²) in [6.45, 7) is 0. The topological polar surface area (TPSA) is 25.8 Å². The van der Waals surface area contributed by atoms with Gasteiger partial charge in [0.15, 0.2) is 0 Å². The van der Waals surface area contributed by atoms with Crippen molar-refractivity contribution in [1.82, 2.24) is 9.97 Å². The van der Waals surface area contributed by atoms with Crippen LogP contribution in [0.25, 0.3) is 11.4 Å². The van der Waals surface area contributed by atoms with E-state index in [0.29, 0.717) is 6.20 Å². The zero-order valence-electron chi connectivity index (χ0n) is 9.93. The lowest BCUT2D eigenvalue weighted by Gasteiger charge is -2.19. The van der Waals surface area contributed by atoms with Crippen LogP contribution in [-0.2, 0) is 12.4 Å². The highest BCUT2D eigenvalue weighted by atomic mass is 79.9. The number of rotatable bonds is 1. The van der Waals surface area contributed by atoms with Gasteiger partial charge in [-0.05, 0) is 28.1 Å². The third-order valence-corrected chi connectivity index (χ3v) is 3.11. The molecule has 21 heavy (non-hydrogen) atoms. The van der Waals surface area contributed by atoms with E-state index in [1.54, 1.807) is 0 Å². The minimum atomic E-state index is -5.23. The average Bonchev–Trinajstić information content (AvgIpc) is 2.37. The second kappa shape index (κ2) is 5.28. The summed E-state index contributed by atoms with van der Waals surface area (Å²) in [5.41, 5.74) is -4.82. The number of alkyl halides is 6. The van der Waals surface area contributed by atoms with Gasteiger partial charge in [-0.25, -0.2) is 0 Å². The summed E-state index contributed by atoms with van der Waals surface area (Å²) in [5.74, 6) is 0. The molecule has 0 aliphatic heterocycles. The SMILES string of the molecule is FC(F)(F)c1c(Br)cnc(-c2ccccn2)c1C(F)(F)F. The van der Waals surface area contributed by atoms with Crippen LogP contribution in [0, 0.1) is 0 Å². The van der Waals surface area contributed by atoms with Crippen molar-refractivity contribution in [2.45, 2.75) is 12.4 Å². The van der Waals surface area contributed by atoms with Gasteiger partial charge in [0.1, 0.15) is 5.69 Å². The molecule has 9 heteroatoms. The van der Waals surface area contributed by atoms with E-state index >= 15 is 0 Å². The Bertz CT molecular complexity index is 651. The normalized spacial score (nSPS) is 12.5. The predicted molar refractivity (Wildman–Crippen MR) is 65.2 cm³/mol. The highest BCUT2D eigenvalue weighted by molar-refractivity contribution is 9.10. The molecule has 0 fully saturated rings. The Morgan fingerprint density at radius 2 is 1.48 bits per heavy atom. The Labute approximate surface area is 123 Å². The van der Waals surface area contributed by atoms with Gasteiger partial charge in [0, 0.05) is 16.9 Å². The summed E-state index contributed by atoms with van der Waals surface area (Å²) in [4.78, 5) is 7.09. The number of pyridine rings is 2.